The molecule has 19 heavy (non-hydrogen) atoms. The number of aryl methyl sites for hydroxylation is 1. The second-order valence-corrected chi connectivity index (χ2v) is 5.43. The summed E-state index contributed by atoms with van der Waals surface area (Å²) >= 11 is 13.1. The molecule has 0 radical (unpaired) electrons. The fourth-order valence-electron chi connectivity index (χ4n) is 1.50. The zero-order valence-corrected chi connectivity index (χ0v) is 12.1. The Kier molecular flexibility index (Phi) is 4.34. The second kappa shape index (κ2) is 5.81. The number of carbonyl (C=O) groups is 1. The molecule has 0 aliphatic rings. The van der Waals surface area contributed by atoms with Crippen molar-refractivity contribution in [2.24, 2.45) is 0 Å². The van der Waals surface area contributed by atoms with Crippen LogP contribution in [0.4, 0.5) is 0 Å². The normalized spacial score (nSPS) is 10.7. The van der Waals surface area contributed by atoms with Crippen molar-refractivity contribution in [1.29, 1.82) is 0 Å². The van der Waals surface area contributed by atoms with Gasteiger partial charge < -0.3 is 5.11 Å². The summed E-state index contributed by atoms with van der Waals surface area (Å²) in [6.45, 7) is 1.77. The molecule has 0 fully saturated rings. The first-order valence-electron chi connectivity index (χ1n) is 5.21. The molecule has 1 heterocycles. The number of rotatable bonds is 4. The van der Waals surface area contributed by atoms with Crippen LogP contribution in [0.25, 0.3) is 5.69 Å². The molecule has 1 N–H and O–H groups in total. The zero-order valence-electron chi connectivity index (χ0n) is 9.80. The molecule has 0 amide bonds. The van der Waals surface area contributed by atoms with Crippen molar-refractivity contribution < 1.29 is 9.90 Å². The Morgan fingerprint density at radius 2 is 2.16 bits per heavy atom. The molecule has 0 aliphatic heterocycles. The second-order valence-electron chi connectivity index (χ2n) is 3.64. The first-order valence-corrected chi connectivity index (χ1v) is 6.95. The lowest BCUT2D eigenvalue weighted by atomic mass is 10.3. The maximum atomic E-state index is 10.6. The van der Waals surface area contributed by atoms with E-state index in [2.05, 4.69) is 10.2 Å². The predicted octanol–water partition coefficient (Wildman–Crippen LogP) is 3.06. The molecular weight excluding hydrogens is 309 g/mol. The highest BCUT2D eigenvalue weighted by Gasteiger charge is 2.15. The Bertz CT molecular complexity index is 630. The number of carboxylic acids is 1. The van der Waals surface area contributed by atoms with E-state index in [1.807, 2.05) is 0 Å². The Balaban J connectivity index is 2.43. The number of benzene rings is 1. The van der Waals surface area contributed by atoms with Crippen LogP contribution in [0.5, 0.6) is 0 Å². The minimum atomic E-state index is -0.917. The van der Waals surface area contributed by atoms with Gasteiger partial charge in [-0.1, -0.05) is 35.0 Å². The number of carboxylic acid groups (broad SMARTS) is 1. The zero-order chi connectivity index (χ0) is 14.0. The summed E-state index contributed by atoms with van der Waals surface area (Å²) in [6, 6.07) is 5.06. The molecule has 0 saturated heterocycles. The third kappa shape index (κ3) is 3.20. The minimum Gasteiger partial charge on any atom is -0.481 e. The molecule has 0 unspecified atom stereocenters. The Morgan fingerprint density at radius 3 is 2.79 bits per heavy atom. The summed E-state index contributed by atoms with van der Waals surface area (Å²) in [5, 5.41) is 18.1. The summed E-state index contributed by atoms with van der Waals surface area (Å²) in [5.41, 5.74) is 0.668. The van der Waals surface area contributed by atoms with E-state index < -0.39 is 5.97 Å². The molecule has 1 aromatic carbocycles. The van der Waals surface area contributed by atoms with E-state index in [-0.39, 0.29) is 5.75 Å². The molecule has 2 rings (SSSR count). The fraction of sp³-hybridized carbons (Fsp3) is 0.182. The number of aliphatic carboxylic acids is 1. The van der Waals surface area contributed by atoms with Gasteiger partial charge in [-0.15, -0.1) is 10.2 Å². The van der Waals surface area contributed by atoms with Crippen molar-refractivity contribution >= 4 is 40.9 Å². The average Bonchev–Trinajstić information content (AvgIpc) is 2.68. The van der Waals surface area contributed by atoms with Gasteiger partial charge in [-0.25, -0.2) is 0 Å². The third-order valence-corrected chi connectivity index (χ3v) is 3.72. The van der Waals surface area contributed by atoms with Gasteiger partial charge in [-0.05, 0) is 25.1 Å². The van der Waals surface area contributed by atoms with Crippen molar-refractivity contribution in [2.45, 2.75) is 12.1 Å². The first-order chi connectivity index (χ1) is 8.99. The van der Waals surface area contributed by atoms with Crippen LogP contribution < -0.4 is 0 Å². The van der Waals surface area contributed by atoms with Crippen LogP contribution >= 0.6 is 35.0 Å². The Morgan fingerprint density at radius 1 is 1.42 bits per heavy atom. The topological polar surface area (TPSA) is 68.0 Å². The van der Waals surface area contributed by atoms with Gasteiger partial charge in [0, 0.05) is 5.02 Å². The number of nitrogens with zero attached hydrogens (tertiary/aromatic N) is 3. The van der Waals surface area contributed by atoms with Crippen LogP contribution in [-0.2, 0) is 4.79 Å². The predicted molar refractivity (Wildman–Crippen MR) is 74.5 cm³/mol. The van der Waals surface area contributed by atoms with Crippen LogP contribution in [0.3, 0.4) is 0 Å². The molecule has 8 heteroatoms. The van der Waals surface area contributed by atoms with E-state index in [4.69, 9.17) is 28.3 Å². The van der Waals surface area contributed by atoms with Gasteiger partial charge in [0.2, 0.25) is 0 Å². The van der Waals surface area contributed by atoms with Crippen molar-refractivity contribution in [3.8, 4) is 5.69 Å². The summed E-state index contributed by atoms with van der Waals surface area (Å²) in [5.74, 6) is -0.389. The van der Waals surface area contributed by atoms with Crippen LogP contribution in [-0.4, -0.2) is 31.6 Å². The lowest BCUT2D eigenvalue weighted by Crippen LogP contribution is -2.03. The fourth-order valence-corrected chi connectivity index (χ4v) is 2.71. The molecule has 0 aliphatic carbocycles. The van der Waals surface area contributed by atoms with E-state index >= 15 is 0 Å². The molecule has 5 nitrogen and oxygen atoms in total. The maximum Gasteiger partial charge on any atom is 0.313 e. The molecule has 2 aromatic rings. The van der Waals surface area contributed by atoms with E-state index in [0.717, 1.165) is 11.8 Å². The van der Waals surface area contributed by atoms with Crippen molar-refractivity contribution in [1.82, 2.24) is 14.8 Å². The highest BCUT2D eigenvalue weighted by molar-refractivity contribution is 7.99. The standard InChI is InChI=1S/C11H9Cl2N3O2S/c1-6-14-15-11(19-5-10(17)18)16(6)9-3-2-7(12)4-8(9)13/h2-4H,5H2,1H3,(H,17,18). The number of aromatic nitrogens is 3. The van der Waals surface area contributed by atoms with E-state index in [1.54, 1.807) is 29.7 Å². The smallest absolute Gasteiger partial charge is 0.313 e. The lowest BCUT2D eigenvalue weighted by molar-refractivity contribution is -0.133. The summed E-state index contributed by atoms with van der Waals surface area (Å²) in [6.07, 6.45) is 0. The molecule has 0 atom stereocenters. The van der Waals surface area contributed by atoms with Gasteiger partial charge in [0.1, 0.15) is 5.82 Å². The van der Waals surface area contributed by atoms with Gasteiger partial charge >= 0.3 is 5.97 Å². The van der Waals surface area contributed by atoms with Gasteiger partial charge in [0.15, 0.2) is 5.16 Å². The quantitative estimate of drug-likeness (QED) is 0.878. The lowest BCUT2D eigenvalue weighted by Gasteiger charge is -2.09. The molecule has 0 saturated carbocycles. The third-order valence-electron chi connectivity index (χ3n) is 2.27. The number of halogens is 2. The molecule has 0 spiro atoms. The van der Waals surface area contributed by atoms with Crippen molar-refractivity contribution in [3.05, 3.63) is 34.1 Å². The van der Waals surface area contributed by atoms with E-state index in [0.29, 0.717) is 26.7 Å². The maximum absolute atomic E-state index is 10.6. The van der Waals surface area contributed by atoms with E-state index in [1.165, 1.54) is 0 Å². The molecular formula is C11H9Cl2N3O2S. The van der Waals surface area contributed by atoms with Crippen LogP contribution in [0.15, 0.2) is 23.4 Å². The van der Waals surface area contributed by atoms with Crippen molar-refractivity contribution in [2.75, 3.05) is 5.75 Å². The van der Waals surface area contributed by atoms with Gasteiger partial charge in [0.05, 0.1) is 16.5 Å². The number of hydrogen-bond acceptors (Lipinski definition) is 4. The van der Waals surface area contributed by atoms with Crippen LogP contribution in [0.2, 0.25) is 10.0 Å². The van der Waals surface area contributed by atoms with Gasteiger partial charge in [0.25, 0.3) is 0 Å². The average molecular weight is 318 g/mol. The summed E-state index contributed by atoms with van der Waals surface area (Å²) in [7, 11) is 0. The monoisotopic (exact) mass is 317 g/mol. The SMILES string of the molecule is Cc1nnc(SCC(=O)O)n1-c1ccc(Cl)cc1Cl. The highest BCUT2D eigenvalue weighted by atomic mass is 35.5. The first kappa shape index (κ1) is 14.2. The number of hydrogen-bond donors (Lipinski definition) is 1. The van der Waals surface area contributed by atoms with Crippen LogP contribution in [0.1, 0.15) is 5.82 Å². The Hall–Kier alpha value is -1.24. The van der Waals surface area contributed by atoms with Gasteiger partial charge in [-0.2, -0.15) is 0 Å². The van der Waals surface area contributed by atoms with E-state index in [9.17, 15) is 4.79 Å². The van der Waals surface area contributed by atoms with Crippen LogP contribution in [0, 0.1) is 6.92 Å². The molecule has 100 valence electrons. The number of thioether (sulfide) groups is 1. The summed E-state index contributed by atoms with van der Waals surface area (Å²) < 4.78 is 1.70. The molecule has 1 aromatic heterocycles. The minimum absolute atomic E-state index is 0.0939. The Labute approximate surface area is 123 Å². The molecule has 0 bridgehead atoms. The largest absolute Gasteiger partial charge is 0.481 e. The van der Waals surface area contributed by atoms with Gasteiger partial charge in [-0.3, -0.25) is 9.36 Å². The van der Waals surface area contributed by atoms with Crippen molar-refractivity contribution in [3.63, 3.8) is 0 Å². The highest BCUT2D eigenvalue weighted by Crippen LogP contribution is 2.28. The summed E-state index contributed by atoms with van der Waals surface area (Å²) in [4.78, 5) is 10.6.